The van der Waals surface area contributed by atoms with Crippen molar-refractivity contribution in [2.24, 2.45) is 5.41 Å². The number of carbonyl (C=O) groups excluding carboxylic acids is 1. The van der Waals surface area contributed by atoms with Gasteiger partial charge in [0.1, 0.15) is 11.5 Å². The summed E-state index contributed by atoms with van der Waals surface area (Å²) in [6, 6.07) is 3.97. The number of hydrogen-bond acceptors (Lipinski definition) is 5. The Balaban J connectivity index is 2.20. The monoisotopic (exact) mass is 470 g/mol. The largest absolute Gasteiger partial charge is 0.386 e. The summed E-state index contributed by atoms with van der Waals surface area (Å²) in [6.45, 7) is 7.41. The van der Waals surface area contributed by atoms with Crippen molar-refractivity contribution in [2.45, 2.75) is 72.1 Å². The van der Waals surface area contributed by atoms with Gasteiger partial charge in [-0.15, -0.1) is 0 Å². The van der Waals surface area contributed by atoms with E-state index in [9.17, 15) is 22.0 Å². The zero-order valence-corrected chi connectivity index (χ0v) is 20.0. The highest BCUT2D eigenvalue weighted by Crippen LogP contribution is 2.49. The van der Waals surface area contributed by atoms with Crippen molar-refractivity contribution in [3.8, 4) is 0 Å². The van der Waals surface area contributed by atoms with E-state index >= 15 is 0 Å². The first kappa shape index (κ1) is 24.8. The smallest absolute Gasteiger partial charge is 0.314 e. The first-order valence-electron chi connectivity index (χ1n) is 11.2. The number of ether oxygens (including phenoxy) is 1. The van der Waals surface area contributed by atoms with Gasteiger partial charge < -0.3 is 8.92 Å². The summed E-state index contributed by atoms with van der Waals surface area (Å²) in [5, 5.41) is 0. The average molecular weight is 471 g/mol. The molecule has 0 amide bonds. The Morgan fingerprint density at radius 1 is 1.09 bits per heavy atom. The average Bonchev–Trinajstić information content (AvgIpc) is 2.66. The molecule has 1 aliphatic heterocycles. The van der Waals surface area contributed by atoms with Gasteiger partial charge >= 0.3 is 10.1 Å². The summed E-state index contributed by atoms with van der Waals surface area (Å²) in [6.07, 6.45) is 2.96. The Kier molecular flexibility index (Phi) is 7.15. The summed E-state index contributed by atoms with van der Waals surface area (Å²) in [7, 11) is -4.60. The van der Waals surface area contributed by atoms with Gasteiger partial charge in [0, 0.05) is 33.0 Å². The fourth-order valence-corrected chi connectivity index (χ4v) is 6.03. The molecule has 5 nitrogen and oxygen atoms in total. The standard InChI is InChI=1S/C24H32F2O5S/c1-5-17-11-16(3)12-18(6-2)21(17)22-19(27)13-24(7-9-30-10-8-24)14-20(22)31-32(28,29)15-23(4,25)26/h11-12H,5-10,13-15H2,1-4H3. The summed E-state index contributed by atoms with van der Waals surface area (Å²) in [5.41, 5.74) is 3.36. The molecule has 0 atom stereocenters. The summed E-state index contributed by atoms with van der Waals surface area (Å²) >= 11 is 0. The van der Waals surface area contributed by atoms with Crippen LogP contribution in [0.25, 0.3) is 5.57 Å². The van der Waals surface area contributed by atoms with Gasteiger partial charge in [0.15, 0.2) is 5.78 Å². The van der Waals surface area contributed by atoms with Crippen LogP contribution in [0.15, 0.2) is 17.9 Å². The number of ketones is 1. The second kappa shape index (κ2) is 9.21. The lowest BCUT2D eigenvalue weighted by molar-refractivity contribution is -0.118. The minimum atomic E-state index is -4.60. The van der Waals surface area contributed by atoms with Crippen LogP contribution < -0.4 is 0 Å². The van der Waals surface area contributed by atoms with Gasteiger partial charge in [-0.05, 0) is 54.7 Å². The van der Waals surface area contributed by atoms with Gasteiger partial charge in [-0.3, -0.25) is 4.79 Å². The van der Waals surface area contributed by atoms with E-state index in [0.29, 0.717) is 51.4 Å². The van der Waals surface area contributed by atoms with E-state index in [2.05, 4.69) is 0 Å². The lowest BCUT2D eigenvalue weighted by Gasteiger charge is -2.41. The van der Waals surface area contributed by atoms with Crippen molar-refractivity contribution >= 4 is 21.5 Å². The highest BCUT2D eigenvalue weighted by Gasteiger charge is 2.44. The Morgan fingerprint density at radius 3 is 2.16 bits per heavy atom. The molecule has 1 spiro atoms. The fraction of sp³-hybridized carbons (Fsp3) is 0.625. The van der Waals surface area contributed by atoms with E-state index in [1.165, 1.54) is 0 Å². The third-order valence-corrected chi connectivity index (χ3v) is 7.61. The molecule has 2 aliphatic rings. The molecule has 1 saturated heterocycles. The minimum absolute atomic E-state index is 0.000605. The Labute approximate surface area is 189 Å². The number of rotatable bonds is 7. The molecule has 8 heteroatoms. The van der Waals surface area contributed by atoms with Crippen LogP contribution in [-0.4, -0.2) is 39.1 Å². The zero-order chi connectivity index (χ0) is 23.7. The van der Waals surface area contributed by atoms with Gasteiger partial charge in [0.25, 0.3) is 5.92 Å². The van der Waals surface area contributed by atoms with Crippen molar-refractivity contribution in [2.75, 3.05) is 19.0 Å². The summed E-state index contributed by atoms with van der Waals surface area (Å²) in [5.74, 6) is -5.07. The molecule has 0 saturated carbocycles. The molecule has 1 heterocycles. The first-order chi connectivity index (χ1) is 14.9. The molecular formula is C24H32F2O5S. The number of halogens is 2. The molecule has 32 heavy (non-hydrogen) atoms. The van der Waals surface area contributed by atoms with E-state index in [4.69, 9.17) is 8.92 Å². The van der Waals surface area contributed by atoms with Crippen LogP contribution in [0.1, 0.15) is 68.7 Å². The number of allylic oxidation sites excluding steroid dienone is 2. The summed E-state index contributed by atoms with van der Waals surface area (Å²) in [4.78, 5) is 13.5. The maximum Gasteiger partial charge on any atom is 0.314 e. The van der Waals surface area contributed by atoms with E-state index < -0.39 is 27.2 Å². The minimum Gasteiger partial charge on any atom is -0.386 e. The SMILES string of the molecule is CCc1cc(C)cc(CC)c1C1=C(OS(=O)(=O)CC(C)(F)F)CC2(CCOCC2)CC1=O. The molecule has 0 N–H and O–H groups in total. The van der Waals surface area contributed by atoms with Crippen molar-refractivity contribution < 1.29 is 30.9 Å². The van der Waals surface area contributed by atoms with Gasteiger partial charge in [-0.2, -0.15) is 8.42 Å². The molecule has 178 valence electrons. The number of alkyl halides is 2. The van der Waals surface area contributed by atoms with Crippen LogP contribution in [0.2, 0.25) is 0 Å². The van der Waals surface area contributed by atoms with Gasteiger partial charge in [-0.1, -0.05) is 31.5 Å². The molecule has 1 aromatic carbocycles. The van der Waals surface area contributed by atoms with Crippen LogP contribution in [0.4, 0.5) is 8.78 Å². The molecular weight excluding hydrogens is 438 g/mol. The number of Topliss-reactive ketones (excluding diaryl/α,β-unsaturated/α-hetero) is 1. The third kappa shape index (κ3) is 5.57. The molecule has 0 radical (unpaired) electrons. The highest BCUT2D eigenvalue weighted by atomic mass is 32.2. The zero-order valence-electron chi connectivity index (χ0n) is 19.2. The van der Waals surface area contributed by atoms with Crippen LogP contribution in [0, 0.1) is 12.3 Å². The van der Waals surface area contributed by atoms with Crippen molar-refractivity contribution in [3.05, 3.63) is 40.1 Å². The number of hydrogen-bond donors (Lipinski definition) is 0. The predicted molar refractivity (Wildman–Crippen MR) is 119 cm³/mol. The lowest BCUT2D eigenvalue weighted by Crippen LogP contribution is -2.37. The van der Waals surface area contributed by atoms with Crippen LogP contribution in [0.3, 0.4) is 0 Å². The third-order valence-electron chi connectivity index (χ3n) is 6.30. The van der Waals surface area contributed by atoms with Crippen molar-refractivity contribution in [3.63, 3.8) is 0 Å². The van der Waals surface area contributed by atoms with Crippen molar-refractivity contribution in [1.82, 2.24) is 0 Å². The van der Waals surface area contributed by atoms with E-state index in [1.54, 1.807) is 0 Å². The molecule has 1 aromatic rings. The second-order valence-corrected chi connectivity index (χ2v) is 10.8. The maximum absolute atomic E-state index is 13.5. The second-order valence-electron chi connectivity index (χ2n) is 9.21. The Morgan fingerprint density at radius 2 is 1.66 bits per heavy atom. The van der Waals surface area contributed by atoms with Crippen LogP contribution in [0.5, 0.6) is 0 Å². The normalized spacial score (nSPS) is 19.5. The van der Waals surface area contributed by atoms with E-state index in [1.807, 2.05) is 32.9 Å². The van der Waals surface area contributed by atoms with Gasteiger partial charge in [-0.25, -0.2) is 8.78 Å². The Bertz CT molecular complexity index is 990. The quantitative estimate of drug-likeness (QED) is 0.525. The number of carbonyl (C=O) groups is 1. The van der Waals surface area contributed by atoms with Crippen LogP contribution in [-0.2, 0) is 36.7 Å². The van der Waals surface area contributed by atoms with E-state index in [-0.39, 0.29) is 30.0 Å². The molecule has 3 rings (SSSR count). The Hall–Kier alpha value is -1.80. The van der Waals surface area contributed by atoms with Gasteiger partial charge in [0.2, 0.25) is 0 Å². The topological polar surface area (TPSA) is 69.7 Å². The summed E-state index contributed by atoms with van der Waals surface area (Å²) < 4.78 is 63.0. The van der Waals surface area contributed by atoms with Crippen molar-refractivity contribution in [1.29, 1.82) is 0 Å². The first-order valence-corrected chi connectivity index (χ1v) is 12.7. The van der Waals surface area contributed by atoms with E-state index in [0.717, 1.165) is 16.7 Å². The number of benzene rings is 1. The predicted octanol–water partition coefficient (Wildman–Crippen LogP) is 4.99. The molecule has 0 bridgehead atoms. The molecule has 0 aromatic heterocycles. The van der Waals surface area contributed by atoms with Crippen LogP contribution >= 0.6 is 0 Å². The number of aryl methyl sites for hydroxylation is 3. The molecule has 1 aliphatic carbocycles. The van der Waals surface area contributed by atoms with Gasteiger partial charge in [0.05, 0.1) is 5.57 Å². The molecule has 0 unspecified atom stereocenters. The fourth-order valence-electron chi connectivity index (χ4n) is 4.90. The maximum atomic E-state index is 13.5. The highest BCUT2D eigenvalue weighted by molar-refractivity contribution is 7.86. The lowest BCUT2D eigenvalue weighted by atomic mass is 9.67. The molecule has 1 fully saturated rings.